The highest BCUT2D eigenvalue weighted by Crippen LogP contribution is 2.28. The molecule has 7 heteroatoms. The fourth-order valence-corrected chi connectivity index (χ4v) is 2.54. The van der Waals surface area contributed by atoms with E-state index >= 15 is 0 Å². The van der Waals surface area contributed by atoms with Crippen molar-refractivity contribution in [2.24, 2.45) is 0 Å². The molecule has 0 spiro atoms. The monoisotopic (exact) mass is 387 g/mol. The lowest BCUT2D eigenvalue weighted by Gasteiger charge is -1.98. The van der Waals surface area contributed by atoms with E-state index in [1.807, 2.05) is 30.3 Å². The molecule has 1 aromatic carbocycles. The molecular weight excluding hydrogens is 378 g/mol. The number of furan rings is 2. The third-order valence-corrected chi connectivity index (χ3v) is 3.78. The van der Waals surface area contributed by atoms with Crippen LogP contribution in [-0.4, -0.2) is 11.1 Å². The van der Waals surface area contributed by atoms with Crippen molar-refractivity contribution in [3.8, 4) is 11.5 Å². The van der Waals surface area contributed by atoms with Gasteiger partial charge in [-0.25, -0.2) is 4.79 Å². The summed E-state index contributed by atoms with van der Waals surface area (Å²) in [6, 6.07) is 14.3. The molecule has 0 unspecified atom stereocenters. The van der Waals surface area contributed by atoms with Crippen LogP contribution in [0.5, 0.6) is 0 Å². The molecule has 3 aromatic heterocycles. The SMILES string of the molecule is O=C(OCc1cc(-c2cc3ccccc3o2)on1)c1ccc(Br)o1. The van der Waals surface area contributed by atoms with Gasteiger partial charge in [-0.3, -0.25) is 0 Å². The molecule has 0 atom stereocenters. The van der Waals surface area contributed by atoms with E-state index in [0.29, 0.717) is 21.9 Å². The third kappa shape index (κ3) is 2.85. The van der Waals surface area contributed by atoms with Crippen LogP contribution in [0.3, 0.4) is 0 Å². The Labute approximate surface area is 144 Å². The highest BCUT2D eigenvalue weighted by atomic mass is 79.9. The predicted molar refractivity (Wildman–Crippen MR) is 87.2 cm³/mol. The van der Waals surface area contributed by atoms with Gasteiger partial charge in [0.25, 0.3) is 0 Å². The van der Waals surface area contributed by atoms with Crippen LogP contribution in [0.1, 0.15) is 16.2 Å². The summed E-state index contributed by atoms with van der Waals surface area (Å²) < 4.78 is 21.7. The maximum atomic E-state index is 11.8. The van der Waals surface area contributed by atoms with Crippen molar-refractivity contribution >= 4 is 32.9 Å². The summed E-state index contributed by atoms with van der Waals surface area (Å²) in [4.78, 5) is 11.8. The number of fused-ring (bicyclic) bond motifs is 1. The van der Waals surface area contributed by atoms with Gasteiger partial charge in [-0.15, -0.1) is 0 Å². The summed E-state index contributed by atoms with van der Waals surface area (Å²) in [6.45, 7) is -0.0269. The second kappa shape index (κ2) is 6.01. The van der Waals surface area contributed by atoms with Crippen LogP contribution in [0.25, 0.3) is 22.5 Å². The Morgan fingerprint density at radius 3 is 2.75 bits per heavy atom. The molecule has 0 radical (unpaired) electrons. The number of carbonyl (C=O) groups is 1. The molecule has 0 fully saturated rings. The maximum Gasteiger partial charge on any atom is 0.374 e. The highest BCUT2D eigenvalue weighted by Gasteiger charge is 2.15. The van der Waals surface area contributed by atoms with E-state index in [-0.39, 0.29) is 12.4 Å². The van der Waals surface area contributed by atoms with Crippen molar-refractivity contribution in [2.45, 2.75) is 6.61 Å². The molecule has 3 heterocycles. The van der Waals surface area contributed by atoms with Gasteiger partial charge in [0.1, 0.15) is 17.9 Å². The van der Waals surface area contributed by atoms with Crippen molar-refractivity contribution in [3.63, 3.8) is 0 Å². The Balaban J connectivity index is 1.47. The Hall–Kier alpha value is -2.80. The van der Waals surface area contributed by atoms with Crippen LogP contribution >= 0.6 is 15.9 Å². The van der Waals surface area contributed by atoms with Gasteiger partial charge in [-0.1, -0.05) is 23.4 Å². The molecule has 0 aliphatic rings. The van der Waals surface area contributed by atoms with Crippen molar-refractivity contribution in [2.75, 3.05) is 0 Å². The summed E-state index contributed by atoms with van der Waals surface area (Å²) in [5, 5.41) is 4.85. The van der Waals surface area contributed by atoms with Crippen LogP contribution in [-0.2, 0) is 11.3 Å². The molecule has 6 nitrogen and oxygen atoms in total. The molecule has 0 aliphatic heterocycles. The van der Waals surface area contributed by atoms with E-state index in [1.54, 1.807) is 12.1 Å². The van der Waals surface area contributed by atoms with Gasteiger partial charge >= 0.3 is 5.97 Å². The Bertz CT molecular complexity index is 980. The third-order valence-electron chi connectivity index (χ3n) is 3.35. The minimum Gasteiger partial charge on any atom is -0.453 e. The highest BCUT2D eigenvalue weighted by molar-refractivity contribution is 9.10. The number of hydrogen-bond acceptors (Lipinski definition) is 6. The van der Waals surface area contributed by atoms with Crippen molar-refractivity contribution in [1.82, 2.24) is 5.16 Å². The quantitative estimate of drug-likeness (QED) is 0.468. The largest absolute Gasteiger partial charge is 0.453 e. The fourth-order valence-electron chi connectivity index (χ4n) is 2.23. The van der Waals surface area contributed by atoms with E-state index in [1.165, 1.54) is 6.07 Å². The maximum absolute atomic E-state index is 11.8. The first kappa shape index (κ1) is 14.8. The number of rotatable bonds is 4. The Morgan fingerprint density at radius 1 is 1.08 bits per heavy atom. The summed E-state index contributed by atoms with van der Waals surface area (Å²) in [5.74, 6) is 0.575. The van der Waals surface area contributed by atoms with E-state index in [2.05, 4.69) is 21.1 Å². The van der Waals surface area contributed by atoms with Crippen molar-refractivity contribution in [1.29, 1.82) is 0 Å². The number of halogens is 1. The average molecular weight is 388 g/mol. The smallest absolute Gasteiger partial charge is 0.374 e. The molecule has 24 heavy (non-hydrogen) atoms. The first-order valence-electron chi connectivity index (χ1n) is 7.06. The first-order valence-corrected chi connectivity index (χ1v) is 7.85. The molecule has 4 rings (SSSR count). The summed E-state index contributed by atoms with van der Waals surface area (Å²) >= 11 is 3.13. The second-order valence-electron chi connectivity index (χ2n) is 5.01. The molecule has 0 N–H and O–H groups in total. The molecule has 0 saturated carbocycles. The number of carbonyl (C=O) groups excluding carboxylic acids is 1. The van der Waals surface area contributed by atoms with Gasteiger partial charge in [0.2, 0.25) is 11.5 Å². The molecular formula is C17H10BrNO5. The van der Waals surface area contributed by atoms with Gasteiger partial charge in [-0.2, -0.15) is 0 Å². The van der Waals surface area contributed by atoms with Gasteiger partial charge in [0.15, 0.2) is 10.4 Å². The number of benzene rings is 1. The van der Waals surface area contributed by atoms with Crippen LogP contribution < -0.4 is 0 Å². The summed E-state index contributed by atoms with van der Waals surface area (Å²) in [6.07, 6.45) is 0. The standard InChI is InChI=1S/C17H10BrNO5/c18-16-6-5-13(23-16)17(20)21-9-11-8-15(24-19-11)14-7-10-3-1-2-4-12(10)22-14/h1-8H,9H2. The van der Waals surface area contributed by atoms with Gasteiger partial charge in [0.05, 0.1) is 0 Å². The minimum absolute atomic E-state index is 0.0269. The van der Waals surface area contributed by atoms with Gasteiger partial charge in [-0.05, 0) is 40.2 Å². The predicted octanol–water partition coefficient (Wildman–Crippen LogP) is 4.80. The second-order valence-corrected chi connectivity index (χ2v) is 5.79. The number of esters is 1. The van der Waals surface area contributed by atoms with E-state index in [4.69, 9.17) is 18.1 Å². The first-order chi connectivity index (χ1) is 11.7. The topological polar surface area (TPSA) is 78.6 Å². The lowest BCUT2D eigenvalue weighted by atomic mass is 10.2. The van der Waals surface area contributed by atoms with Crippen LogP contribution in [0.15, 0.2) is 66.6 Å². The van der Waals surface area contributed by atoms with Gasteiger partial charge < -0.3 is 18.1 Å². The number of aromatic nitrogens is 1. The van der Waals surface area contributed by atoms with Crippen LogP contribution in [0.4, 0.5) is 0 Å². The van der Waals surface area contributed by atoms with Crippen LogP contribution in [0.2, 0.25) is 0 Å². The zero-order valence-corrected chi connectivity index (χ0v) is 13.8. The molecule has 0 aliphatic carbocycles. The van der Waals surface area contributed by atoms with Crippen LogP contribution in [0, 0.1) is 0 Å². The Morgan fingerprint density at radius 2 is 1.96 bits per heavy atom. The molecule has 120 valence electrons. The van der Waals surface area contributed by atoms with Crippen molar-refractivity contribution in [3.05, 3.63) is 64.7 Å². The zero-order chi connectivity index (χ0) is 16.5. The lowest BCUT2D eigenvalue weighted by Crippen LogP contribution is -2.03. The molecule has 0 saturated heterocycles. The zero-order valence-electron chi connectivity index (χ0n) is 12.2. The van der Waals surface area contributed by atoms with E-state index in [0.717, 1.165) is 11.0 Å². The molecule has 4 aromatic rings. The van der Waals surface area contributed by atoms with Gasteiger partial charge in [0, 0.05) is 11.5 Å². The van der Waals surface area contributed by atoms with E-state index < -0.39 is 5.97 Å². The minimum atomic E-state index is -0.575. The number of para-hydroxylation sites is 1. The summed E-state index contributed by atoms with van der Waals surface area (Å²) in [5.41, 5.74) is 1.24. The average Bonchev–Trinajstić information content (AvgIpc) is 3.31. The lowest BCUT2D eigenvalue weighted by molar-refractivity contribution is 0.0426. The Kier molecular flexibility index (Phi) is 3.70. The number of nitrogens with zero attached hydrogens (tertiary/aromatic N) is 1. The number of hydrogen-bond donors (Lipinski definition) is 0. The molecule has 0 amide bonds. The molecule has 0 bridgehead atoms. The summed E-state index contributed by atoms with van der Waals surface area (Å²) in [7, 11) is 0. The number of ether oxygens (including phenoxy) is 1. The van der Waals surface area contributed by atoms with Crippen molar-refractivity contribution < 1.29 is 22.9 Å². The van der Waals surface area contributed by atoms with E-state index in [9.17, 15) is 4.79 Å². The fraction of sp³-hybridized carbons (Fsp3) is 0.0588. The normalized spacial score (nSPS) is 11.0.